The van der Waals surface area contributed by atoms with E-state index in [1.165, 1.54) is 11.0 Å². The molecule has 82 valence electrons. The Morgan fingerprint density at radius 3 is 2.56 bits per heavy atom. The maximum Gasteiger partial charge on any atom is 0.218 e. The lowest BCUT2D eigenvalue weighted by atomic mass is 10.3. The van der Waals surface area contributed by atoms with Crippen molar-refractivity contribution in [3.8, 4) is 0 Å². The van der Waals surface area contributed by atoms with Crippen molar-refractivity contribution in [1.29, 1.82) is 0 Å². The van der Waals surface area contributed by atoms with Crippen LogP contribution in [0.2, 0.25) is 0 Å². The van der Waals surface area contributed by atoms with E-state index in [1.807, 2.05) is 0 Å². The maximum absolute atomic E-state index is 13.4. The van der Waals surface area contributed by atoms with Crippen LogP contribution >= 0.6 is 0 Å². The van der Waals surface area contributed by atoms with E-state index in [-0.39, 0.29) is 5.82 Å². The average molecular weight is 221 g/mol. The van der Waals surface area contributed by atoms with E-state index in [2.05, 4.69) is 9.97 Å². The highest BCUT2D eigenvalue weighted by Crippen LogP contribution is 2.23. The molecular weight excluding hydrogens is 212 g/mol. The molecule has 2 aromatic rings. The predicted molar refractivity (Wildman–Crippen MR) is 56.5 cm³/mol. The maximum atomic E-state index is 13.4. The van der Waals surface area contributed by atoms with Gasteiger partial charge in [-0.3, -0.25) is 0 Å². The number of nitrogens with zero attached hydrogens (tertiary/aromatic N) is 3. The highest BCUT2D eigenvalue weighted by Gasteiger charge is 2.10. The topological polar surface area (TPSA) is 29.0 Å². The number of benzene rings is 1. The Morgan fingerprint density at radius 1 is 1.12 bits per heavy atom. The van der Waals surface area contributed by atoms with Gasteiger partial charge in [0.25, 0.3) is 0 Å². The molecule has 0 saturated carbocycles. The summed E-state index contributed by atoms with van der Waals surface area (Å²) in [5, 5.41) is 0. The molecule has 0 radical (unpaired) electrons. The lowest BCUT2D eigenvalue weighted by molar-refractivity contribution is 0.579. The second-order valence-corrected chi connectivity index (χ2v) is 3.21. The highest BCUT2D eigenvalue weighted by atomic mass is 19.1. The lowest BCUT2D eigenvalue weighted by Gasteiger charge is -2.18. The highest BCUT2D eigenvalue weighted by molar-refractivity contribution is 5.59. The molecule has 0 atom stereocenters. The first-order chi connectivity index (χ1) is 7.68. The summed E-state index contributed by atoms with van der Waals surface area (Å²) in [6, 6.07) is 7.37. The lowest BCUT2D eigenvalue weighted by Crippen LogP contribution is -2.13. The van der Waals surface area contributed by atoms with E-state index in [1.54, 1.807) is 25.2 Å². The summed E-state index contributed by atoms with van der Waals surface area (Å²) >= 11 is 0. The van der Waals surface area contributed by atoms with Crippen LogP contribution in [0.4, 0.5) is 20.3 Å². The normalized spacial score (nSPS) is 10.2. The van der Waals surface area contributed by atoms with Gasteiger partial charge in [0.15, 0.2) is 0 Å². The number of rotatable bonds is 2. The summed E-state index contributed by atoms with van der Waals surface area (Å²) in [6.07, 6.45) is 1.10. The van der Waals surface area contributed by atoms with Gasteiger partial charge >= 0.3 is 0 Å². The molecule has 1 heterocycles. The number of aromatic nitrogens is 2. The minimum Gasteiger partial charge on any atom is -0.327 e. The van der Waals surface area contributed by atoms with Crippen LogP contribution in [0.25, 0.3) is 0 Å². The van der Waals surface area contributed by atoms with Gasteiger partial charge in [0.2, 0.25) is 5.95 Å². The van der Waals surface area contributed by atoms with E-state index in [9.17, 15) is 8.78 Å². The largest absolute Gasteiger partial charge is 0.327 e. The van der Waals surface area contributed by atoms with Crippen LogP contribution in [0.1, 0.15) is 0 Å². The molecule has 5 heteroatoms. The zero-order valence-electron chi connectivity index (χ0n) is 8.56. The molecule has 0 spiro atoms. The molecule has 0 fully saturated rings. The molecule has 0 N–H and O–H groups in total. The van der Waals surface area contributed by atoms with Crippen LogP contribution in [-0.2, 0) is 0 Å². The number of para-hydroxylation sites is 1. The van der Waals surface area contributed by atoms with Crippen molar-refractivity contribution in [2.24, 2.45) is 0 Å². The second-order valence-electron chi connectivity index (χ2n) is 3.21. The Labute approximate surface area is 91.4 Å². The molecular formula is C11H9F2N3. The fourth-order valence-electron chi connectivity index (χ4n) is 1.35. The average Bonchev–Trinajstić information content (AvgIpc) is 2.29. The van der Waals surface area contributed by atoms with Crippen LogP contribution in [0.5, 0.6) is 0 Å². The number of anilines is 2. The first-order valence-electron chi connectivity index (χ1n) is 4.64. The van der Waals surface area contributed by atoms with Gasteiger partial charge in [-0.15, -0.1) is 0 Å². The van der Waals surface area contributed by atoms with Gasteiger partial charge in [-0.1, -0.05) is 12.1 Å². The molecule has 16 heavy (non-hydrogen) atoms. The molecule has 0 amide bonds. The van der Waals surface area contributed by atoms with Gasteiger partial charge in [-0.2, -0.15) is 4.39 Å². The van der Waals surface area contributed by atoms with Gasteiger partial charge in [-0.05, 0) is 12.1 Å². The van der Waals surface area contributed by atoms with Crippen LogP contribution < -0.4 is 4.90 Å². The smallest absolute Gasteiger partial charge is 0.218 e. The molecule has 3 nitrogen and oxygen atoms in total. The fraction of sp³-hybridized carbons (Fsp3) is 0.0909. The molecule has 2 rings (SSSR count). The van der Waals surface area contributed by atoms with Crippen molar-refractivity contribution >= 4 is 11.5 Å². The fourth-order valence-corrected chi connectivity index (χ4v) is 1.35. The van der Waals surface area contributed by atoms with Crippen molar-refractivity contribution in [3.05, 3.63) is 48.4 Å². The summed E-state index contributed by atoms with van der Waals surface area (Å²) in [4.78, 5) is 8.66. The Hall–Kier alpha value is -2.04. The minimum atomic E-state index is -0.645. The second kappa shape index (κ2) is 4.22. The predicted octanol–water partition coefficient (Wildman–Crippen LogP) is 2.52. The third-order valence-electron chi connectivity index (χ3n) is 2.18. The molecule has 0 aliphatic carbocycles. The van der Waals surface area contributed by atoms with Crippen LogP contribution in [0, 0.1) is 11.8 Å². The molecule has 0 saturated heterocycles. The number of hydrogen-bond acceptors (Lipinski definition) is 3. The van der Waals surface area contributed by atoms with Crippen LogP contribution in [-0.4, -0.2) is 17.0 Å². The number of hydrogen-bond donors (Lipinski definition) is 0. The van der Waals surface area contributed by atoms with E-state index >= 15 is 0 Å². The third-order valence-corrected chi connectivity index (χ3v) is 2.18. The van der Waals surface area contributed by atoms with Crippen LogP contribution in [0.15, 0.2) is 36.7 Å². The Bertz CT molecular complexity index is 502. The molecule has 0 aliphatic rings. The zero-order chi connectivity index (χ0) is 11.5. The summed E-state index contributed by atoms with van der Waals surface area (Å²) in [7, 11) is 1.61. The van der Waals surface area contributed by atoms with Gasteiger partial charge in [-0.25, -0.2) is 14.4 Å². The minimum absolute atomic E-state index is 0.303. The standard InChI is InChI=1S/C11H9F2N3/c1-16(9-5-3-2-4-8(9)12)11-6-10(13)14-7-15-11/h2-7H,1H3. The van der Waals surface area contributed by atoms with Gasteiger partial charge < -0.3 is 4.90 Å². The van der Waals surface area contributed by atoms with Crippen LogP contribution in [0.3, 0.4) is 0 Å². The Kier molecular flexibility index (Phi) is 2.76. The van der Waals surface area contributed by atoms with Gasteiger partial charge in [0.05, 0.1) is 5.69 Å². The summed E-state index contributed by atoms with van der Waals surface area (Å²) in [5.41, 5.74) is 0.334. The Morgan fingerprint density at radius 2 is 1.88 bits per heavy atom. The van der Waals surface area contributed by atoms with Crippen molar-refractivity contribution in [3.63, 3.8) is 0 Å². The molecule has 0 unspecified atom stereocenters. The summed E-state index contributed by atoms with van der Waals surface area (Å²) in [6.45, 7) is 0. The first-order valence-corrected chi connectivity index (χ1v) is 4.64. The first kappa shape index (κ1) is 10.5. The van der Waals surface area contributed by atoms with Crippen molar-refractivity contribution in [2.45, 2.75) is 0 Å². The van der Waals surface area contributed by atoms with Crippen molar-refractivity contribution in [2.75, 3.05) is 11.9 Å². The molecule has 1 aromatic carbocycles. The van der Waals surface area contributed by atoms with Gasteiger partial charge in [0, 0.05) is 13.1 Å². The number of halogens is 2. The Balaban J connectivity index is 2.39. The van der Waals surface area contributed by atoms with Gasteiger partial charge in [0.1, 0.15) is 18.0 Å². The van der Waals surface area contributed by atoms with E-state index < -0.39 is 5.95 Å². The van der Waals surface area contributed by atoms with E-state index in [0.717, 1.165) is 12.4 Å². The monoisotopic (exact) mass is 221 g/mol. The van der Waals surface area contributed by atoms with E-state index in [4.69, 9.17) is 0 Å². The zero-order valence-corrected chi connectivity index (χ0v) is 8.56. The summed E-state index contributed by atoms with van der Waals surface area (Å²) in [5.74, 6) is -0.727. The quantitative estimate of drug-likeness (QED) is 0.729. The SMILES string of the molecule is CN(c1cc(F)ncn1)c1ccccc1F. The summed E-state index contributed by atoms with van der Waals surface area (Å²) < 4.78 is 26.3. The van der Waals surface area contributed by atoms with E-state index in [0.29, 0.717) is 11.5 Å². The van der Waals surface area contributed by atoms with Crippen molar-refractivity contribution < 1.29 is 8.78 Å². The molecule has 1 aromatic heterocycles. The third kappa shape index (κ3) is 1.98. The molecule has 0 bridgehead atoms. The van der Waals surface area contributed by atoms with Crippen molar-refractivity contribution in [1.82, 2.24) is 9.97 Å². The molecule has 0 aliphatic heterocycles.